The molecule has 1 aliphatic carbocycles. The summed E-state index contributed by atoms with van der Waals surface area (Å²) >= 11 is 0. The molecule has 2 amide bonds. The van der Waals surface area contributed by atoms with Gasteiger partial charge in [0.15, 0.2) is 0 Å². The molecule has 1 saturated heterocycles. The van der Waals surface area contributed by atoms with Crippen LogP contribution in [0.15, 0.2) is 42.5 Å². The highest BCUT2D eigenvalue weighted by Crippen LogP contribution is 2.30. The number of piperidine rings is 1. The highest BCUT2D eigenvalue weighted by Gasteiger charge is 2.30. The second-order valence-electron chi connectivity index (χ2n) is 8.62. The molecule has 0 radical (unpaired) electrons. The second-order valence-corrected chi connectivity index (χ2v) is 8.62. The monoisotopic (exact) mass is 423 g/mol. The van der Waals surface area contributed by atoms with Gasteiger partial charge in [-0.2, -0.15) is 0 Å². The van der Waals surface area contributed by atoms with Gasteiger partial charge in [-0.05, 0) is 48.9 Å². The van der Waals surface area contributed by atoms with Gasteiger partial charge in [0.25, 0.3) is 0 Å². The van der Waals surface area contributed by atoms with Gasteiger partial charge >= 0.3 is 6.09 Å². The highest BCUT2D eigenvalue weighted by atomic mass is 16.6. The minimum Gasteiger partial charge on any atom is -0.450 e. The average molecular weight is 424 g/mol. The lowest BCUT2D eigenvalue weighted by Crippen LogP contribution is -2.47. The van der Waals surface area contributed by atoms with E-state index >= 15 is 0 Å². The molecule has 2 aliphatic rings. The van der Waals surface area contributed by atoms with E-state index in [0.29, 0.717) is 32.2 Å². The van der Waals surface area contributed by atoms with E-state index in [4.69, 9.17) is 4.74 Å². The summed E-state index contributed by atoms with van der Waals surface area (Å²) in [6.45, 7) is 5.15. The summed E-state index contributed by atoms with van der Waals surface area (Å²) in [5.41, 5.74) is 1.33. The maximum atomic E-state index is 12.6. The number of benzene rings is 2. The Balaban J connectivity index is 1.26. The van der Waals surface area contributed by atoms with Gasteiger partial charge in [-0.15, -0.1) is 0 Å². The van der Waals surface area contributed by atoms with E-state index in [1.54, 1.807) is 4.90 Å². The zero-order valence-corrected chi connectivity index (χ0v) is 18.4. The normalized spacial score (nSPS) is 17.2. The molecule has 1 N–H and O–H groups in total. The molecule has 2 aromatic carbocycles. The van der Waals surface area contributed by atoms with Gasteiger partial charge in [0.05, 0.1) is 6.61 Å². The fraction of sp³-hybridized carbons (Fsp3) is 0.520. The summed E-state index contributed by atoms with van der Waals surface area (Å²) in [6, 6.07) is 15.7. The van der Waals surface area contributed by atoms with Gasteiger partial charge < -0.3 is 15.0 Å². The molecule has 0 unspecified atom stereocenters. The molecule has 4 rings (SSSR count). The number of nitrogens with zero attached hydrogens (tertiary/aromatic N) is 2. The first-order valence-corrected chi connectivity index (χ1v) is 11.6. The van der Waals surface area contributed by atoms with E-state index in [1.807, 2.05) is 6.92 Å². The Kier molecular flexibility index (Phi) is 7.07. The van der Waals surface area contributed by atoms with E-state index < -0.39 is 0 Å². The van der Waals surface area contributed by atoms with Gasteiger partial charge in [0.1, 0.15) is 0 Å². The third-order valence-electron chi connectivity index (χ3n) is 6.33. The van der Waals surface area contributed by atoms with Gasteiger partial charge in [-0.25, -0.2) is 4.79 Å². The minimum atomic E-state index is -0.249. The molecule has 31 heavy (non-hydrogen) atoms. The number of fused-ring (bicyclic) bond motifs is 1. The van der Waals surface area contributed by atoms with Crippen LogP contribution in [0, 0.1) is 0 Å². The average Bonchev–Trinajstić information content (AvgIpc) is 3.63. The van der Waals surface area contributed by atoms with Crippen LogP contribution in [0.5, 0.6) is 0 Å². The molecule has 1 heterocycles. The first-order chi connectivity index (χ1) is 15.1. The number of amides is 2. The molecular formula is C25H33N3O3. The van der Waals surface area contributed by atoms with Crippen LogP contribution in [0.3, 0.4) is 0 Å². The number of carbonyl (C=O) groups excluding carboxylic acids is 2. The van der Waals surface area contributed by atoms with Crippen LogP contribution in [-0.2, 0) is 16.1 Å². The van der Waals surface area contributed by atoms with E-state index in [2.05, 4.69) is 52.7 Å². The zero-order chi connectivity index (χ0) is 21.6. The molecule has 0 spiro atoms. The highest BCUT2D eigenvalue weighted by molar-refractivity contribution is 5.85. The molecule has 6 heteroatoms. The molecule has 1 saturated carbocycles. The molecule has 0 aromatic heterocycles. The zero-order valence-electron chi connectivity index (χ0n) is 18.4. The Morgan fingerprint density at radius 2 is 1.81 bits per heavy atom. The van der Waals surface area contributed by atoms with Crippen LogP contribution in [-0.4, -0.2) is 60.1 Å². The van der Waals surface area contributed by atoms with Crippen molar-refractivity contribution in [1.29, 1.82) is 0 Å². The van der Waals surface area contributed by atoms with E-state index in [0.717, 1.165) is 25.9 Å². The Hall–Kier alpha value is -2.60. The van der Waals surface area contributed by atoms with Crippen molar-refractivity contribution < 1.29 is 14.3 Å². The Bertz CT molecular complexity index is 899. The lowest BCUT2D eigenvalue weighted by molar-refractivity contribution is -0.122. The van der Waals surface area contributed by atoms with Crippen molar-refractivity contribution in [2.75, 3.05) is 26.2 Å². The number of hydrogen-bond donors (Lipinski definition) is 1. The second kappa shape index (κ2) is 10.1. The lowest BCUT2D eigenvalue weighted by Gasteiger charge is -2.31. The number of likely N-dealkylation sites (tertiary alicyclic amines) is 1. The molecule has 2 fully saturated rings. The predicted molar refractivity (Wildman–Crippen MR) is 122 cm³/mol. The summed E-state index contributed by atoms with van der Waals surface area (Å²) in [6.07, 6.45) is 4.28. The van der Waals surface area contributed by atoms with Crippen molar-refractivity contribution in [1.82, 2.24) is 15.1 Å². The third kappa shape index (κ3) is 5.76. The molecule has 1 aliphatic heterocycles. The van der Waals surface area contributed by atoms with Gasteiger partial charge in [-0.3, -0.25) is 9.69 Å². The quantitative estimate of drug-likeness (QED) is 0.699. The smallest absolute Gasteiger partial charge is 0.409 e. The summed E-state index contributed by atoms with van der Waals surface area (Å²) in [5, 5.41) is 5.74. The van der Waals surface area contributed by atoms with E-state index in [9.17, 15) is 9.59 Å². The molecule has 166 valence electrons. The van der Waals surface area contributed by atoms with Crippen molar-refractivity contribution in [2.45, 2.75) is 57.7 Å². The number of hydrogen-bond acceptors (Lipinski definition) is 4. The predicted octanol–water partition coefficient (Wildman–Crippen LogP) is 3.93. The van der Waals surface area contributed by atoms with Crippen LogP contribution in [0.2, 0.25) is 0 Å². The molecule has 6 nitrogen and oxygen atoms in total. The summed E-state index contributed by atoms with van der Waals surface area (Å²) in [4.78, 5) is 28.6. The lowest BCUT2D eigenvalue weighted by atomic mass is 10.0. The fourth-order valence-electron chi connectivity index (χ4n) is 4.45. The van der Waals surface area contributed by atoms with E-state index in [1.165, 1.54) is 29.2 Å². The molecule has 0 atom stereocenters. The summed E-state index contributed by atoms with van der Waals surface area (Å²) < 4.78 is 5.06. The summed E-state index contributed by atoms with van der Waals surface area (Å²) in [7, 11) is 0. The van der Waals surface area contributed by atoms with Gasteiger partial charge in [0, 0.05) is 44.7 Å². The number of rotatable bonds is 8. The van der Waals surface area contributed by atoms with E-state index in [-0.39, 0.29) is 18.0 Å². The van der Waals surface area contributed by atoms with Gasteiger partial charge in [-0.1, -0.05) is 42.5 Å². The van der Waals surface area contributed by atoms with Crippen LogP contribution >= 0.6 is 0 Å². The van der Waals surface area contributed by atoms with Crippen molar-refractivity contribution in [3.63, 3.8) is 0 Å². The van der Waals surface area contributed by atoms with Crippen molar-refractivity contribution >= 4 is 22.8 Å². The Morgan fingerprint density at radius 3 is 2.55 bits per heavy atom. The standard InChI is InChI=1S/C25H33N3O3/c1-2-31-25(30)27-15-12-21(13-16-27)26-24(29)14-17-28(22-10-11-22)18-20-8-5-7-19-6-3-4-9-23(19)20/h3-9,21-22H,2,10-18H2,1H3,(H,26,29). The van der Waals surface area contributed by atoms with Crippen LogP contribution in [0.25, 0.3) is 10.8 Å². The minimum absolute atomic E-state index is 0.109. The number of nitrogens with one attached hydrogen (secondary N) is 1. The molecule has 2 aromatic rings. The Labute approximate surface area is 184 Å². The van der Waals surface area contributed by atoms with Crippen LogP contribution in [0.4, 0.5) is 4.79 Å². The third-order valence-corrected chi connectivity index (χ3v) is 6.33. The maximum Gasteiger partial charge on any atom is 0.409 e. The van der Waals surface area contributed by atoms with Crippen LogP contribution in [0.1, 0.15) is 44.6 Å². The first-order valence-electron chi connectivity index (χ1n) is 11.6. The van der Waals surface area contributed by atoms with Crippen molar-refractivity contribution in [2.24, 2.45) is 0 Å². The molecule has 0 bridgehead atoms. The topological polar surface area (TPSA) is 61.9 Å². The molecular weight excluding hydrogens is 390 g/mol. The van der Waals surface area contributed by atoms with Crippen LogP contribution < -0.4 is 5.32 Å². The SMILES string of the molecule is CCOC(=O)N1CCC(NC(=O)CCN(Cc2cccc3ccccc23)C2CC2)CC1. The fourth-order valence-corrected chi connectivity index (χ4v) is 4.45. The van der Waals surface area contributed by atoms with Gasteiger partial charge in [0.2, 0.25) is 5.91 Å². The summed E-state index contributed by atoms with van der Waals surface area (Å²) in [5.74, 6) is 0.109. The number of ether oxygens (including phenoxy) is 1. The Morgan fingerprint density at radius 1 is 1.06 bits per heavy atom. The van der Waals surface area contributed by atoms with Crippen molar-refractivity contribution in [3.8, 4) is 0 Å². The number of carbonyl (C=O) groups is 2. The first kappa shape index (κ1) is 21.6. The largest absolute Gasteiger partial charge is 0.450 e. The maximum absolute atomic E-state index is 12.6. The van der Waals surface area contributed by atoms with Crippen molar-refractivity contribution in [3.05, 3.63) is 48.0 Å².